The van der Waals surface area contributed by atoms with Gasteiger partial charge in [-0.15, -0.1) is 0 Å². The molecule has 0 atom stereocenters. The first-order chi connectivity index (χ1) is 5.29. The summed E-state index contributed by atoms with van der Waals surface area (Å²) in [4.78, 5) is 3.87. The van der Waals surface area contributed by atoms with Crippen LogP contribution >= 0.6 is 15.9 Å². The van der Waals surface area contributed by atoms with E-state index in [0.29, 0.717) is 15.9 Å². The van der Waals surface area contributed by atoms with E-state index in [4.69, 9.17) is 4.74 Å². The van der Waals surface area contributed by atoms with Crippen molar-refractivity contribution in [2.24, 2.45) is 0 Å². The number of rotatable bonds is 2. The van der Waals surface area contributed by atoms with Crippen molar-refractivity contribution in [2.75, 3.05) is 7.11 Å². The smallest absolute Gasteiger partial charge is 0.228 e. The Morgan fingerprint density at radius 1 is 1.73 bits per heavy atom. The third kappa shape index (κ3) is 1.68. The summed E-state index contributed by atoms with van der Waals surface area (Å²) in [6, 6.07) is 1.60. The SMILES string of the molecule is COc1nccc(CF)c1Br. The summed E-state index contributed by atoms with van der Waals surface area (Å²) in [6.07, 6.45) is 1.51. The summed E-state index contributed by atoms with van der Waals surface area (Å²) in [5.74, 6) is 0.417. The molecule has 0 amide bonds. The van der Waals surface area contributed by atoms with Crippen molar-refractivity contribution in [1.29, 1.82) is 0 Å². The maximum atomic E-state index is 12.2. The predicted octanol–water partition coefficient (Wildman–Crippen LogP) is 2.32. The lowest BCUT2D eigenvalue weighted by Gasteiger charge is -2.03. The van der Waals surface area contributed by atoms with Crippen LogP contribution in [0.15, 0.2) is 16.7 Å². The molecular weight excluding hydrogens is 213 g/mol. The second-order valence-electron chi connectivity index (χ2n) is 1.93. The van der Waals surface area contributed by atoms with Gasteiger partial charge >= 0.3 is 0 Å². The van der Waals surface area contributed by atoms with Gasteiger partial charge in [0.25, 0.3) is 0 Å². The summed E-state index contributed by atoms with van der Waals surface area (Å²) in [6.45, 7) is -0.514. The Morgan fingerprint density at radius 3 is 3.00 bits per heavy atom. The molecule has 1 heterocycles. The number of halogens is 2. The molecule has 0 radical (unpaired) electrons. The van der Waals surface area contributed by atoms with Crippen molar-refractivity contribution in [3.8, 4) is 5.88 Å². The van der Waals surface area contributed by atoms with Gasteiger partial charge in [-0.1, -0.05) is 0 Å². The summed E-state index contributed by atoms with van der Waals surface area (Å²) in [5.41, 5.74) is 0.553. The highest BCUT2D eigenvalue weighted by molar-refractivity contribution is 9.10. The van der Waals surface area contributed by atoms with Crippen LogP contribution in [-0.2, 0) is 6.67 Å². The van der Waals surface area contributed by atoms with Crippen LogP contribution in [0.3, 0.4) is 0 Å². The number of aromatic nitrogens is 1. The molecule has 0 aromatic carbocycles. The lowest BCUT2D eigenvalue weighted by molar-refractivity contribution is 0.391. The van der Waals surface area contributed by atoms with E-state index in [1.54, 1.807) is 6.07 Å². The normalized spacial score (nSPS) is 9.73. The molecule has 0 bridgehead atoms. The van der Waals surface area contributed by atoms with Gasteiger partial charge in [0, 0.05) is 11.8 Å². The molecule has 0 unspecified atom stereocenters. The third-order valence-corrected chi connectivity index (χ3v) is 2.12. The van der Waals surface area contributed by atoms with Crippen LogP contribution in [0.2, 0.25) is 0 Å². The van der Waals surface area contributed by atoms with Gasteiger partial charge in [0.15, 0.2) is 0 Å². The van der Waals surface area contributed by atoms with Gasteiger partial charge < -0.3 is 4.74 Å². The quantitative estimate of drug-likeness (QED) is 0.762. The number of methoxy groups -OCH3 is 1. The van der Waals surface area contributed by atoms with Gasteiger partial charge in [0.05, 0.1) is 11.6 Å². The molecule has 1 aromatic heterocycles. The van der Waals surface area contributed by atoms with Crippen molar-refractivity contribution < 1.29 is 9.13 Å². The largest absolute Gasteiger partial charge is 0.480 e. The van der Waals surface area contributed by atoms with E-state index in [9.17, 15) is 4.39 Å². The molecule has 4 heteroatoms. The summed E-state index contributed by atoms with van der Waals surface area (Å²) >= 11 is 3.17. The van der Waals surface area contributed by atoms with E-state index in [-0.39, 0.29) is 0 Å². The first-order valence-corrected chi connectivity index (χ1v) is 3.82. The van der Waals surface area contributed by atoms with Crippen LogP contribution in [0.25, 0.3) is 0 Å². The maximum Gasteiger partial charge on any atom is 0.228 e. The lowest BCUT2D eigenvalue weighted by Crippen LogP contribution is -1.91. The second kappa shape index (κ2) is 3.67. The van der Waals surface area contributed by atoms with Gasteiger partial charge in [0.1, 0.15) is 6.67 Å². The molecule has 0 spiro atoms. The minimum absolute atomic E-state index is 0.417. The molecule has 0 fully saturated rings. The fourth-order valence-electron chi connectivity index (χ4n) is 0.708. The third-order valence-electron chi connectivity index (χ3n) is 1.27. The Morgan fingerprint density at radius 2 is 2.45 bits per heavy atom. The highest BCUT2D eigenvalue weighted by Gasteiger charge is 2.05. The Bertz CT molecular complexity index is 232. The van der Waals surface area contributed by atoms with E-state index in [0.717, 1.165) is 0 Å². The average molecular weight is 220 g/mol. The summed E-state index contributed by atoms with van der Waals surface area (Å²) < 4.78 is 17.6. The number of hydrogen-bond donors (Lipinski definition) is 0. The second-order valence-corrected chi connectivity index (χ2v) is 2.72. The molecule has 0 saturated carbocycles. The average Bonchev–Trinajstić information content (AvgIpc) is 2.05. The van der Waals surface area contributed by atoms with Crippen molar-refractivity contribution in [3.63, 3.8) is 0 Å². The molecule has 0 aliphatic carbocycles. The first-order valence-electron chi connectivity index (χ1n) is 3.03. The zero-order valence-electron chi connectivity index (χ0n) is 5.97. The number of hydrogen-bond acceptors (Lipinski definition) is 2. The highest BCUT2D eigenvalue weighted by Crippen LogP contribution is 2.26. The predicted molar refractivity (Wildman–Crippen MR) is 43.3 cm³/mol. The molecule has 60 valence electrons. The Hall–Kier alpha value is -0.640. The molecule has 1 aromatic rings. The molecule has 11 heavy (non-hydrogen) atoms. The van der Waals surface area contributed by atoms with Gasteiger partial charge in [-0.05, 0) is 22.0 Å². The van der Waals surface area contributed by atoms with Crippen LogP contribution in [0.1, 0.15) is 5.56 Å². The molecule has 1 rings (SSSR count). The van der Waals surface area contributed by atoms with Crippen LogP contribution < -0.4 is 4.74 Å². The van der Waals surface area contributed by atoms with E-state index < -0.39 is 6.67 Å². The van der Waals surface area contributed by atoms with E-state index >= 15 is 0 Å². The van der Waals surface area contributed by atoms with Crippen LogP contribution in [-0.4, -0.2) is 12.1 Å². The number of ether oxygens (including phenoxy) is 1. The molecular formula is C7H7BrFNO. The van der Waals surface area contributed by atoms with Gasteiger partial charge in [-0.3, -0.25) is 0 Å². The van der Waals surface area contributed by atoms with Gasteiger partial charge in [-0.2, -0.15) is 0 Å². The van der Waals surface area contributed by atoms with Gasteiger partial charge in [-0.25, -0.2) is 9.37 Å². The van der Waals surface area contributed by atoms with Gasteiger partial charge in [0.2, 0.25) is 5.88 Å². The van der Waals surface area contributed by atoms with Crippen molar-refractivity contribution in [3.05, 3.63) is 22.3 Å². The Labute approximate surface area is 72.5 Å². The van der Waals surface area contributed by atoms with Crippen LogP contribution in [0.5, 0.6) is 5.88 Å². The molecule has 0 aliphatic rings. The minimum atomic E-state index is -0.514. The summed E-state index contributed by atoms with van der Waals surface area (Å²) in [5, 5.41) is 0. The zero-order chi connectivity index (χ0) is 8.27. The van der Waals surface area contributed by atoms with Crippen LogP contribution in [0.4, 0.5) is 4.39 Å². The number of pyridine rings is 1. The zero-order valence-corrected chi connectivity index (χ0v) is 7.56. The van der Waals surface area contributed by atoms with E-state index in [2.05, 4.69) is 20.9 Å². The fraction of sp³-hybridized carbons (Fsp3) is 0.286. The Kier molecular flexibility index (Phi) is 2.82. The van der Waals surface area contributed by atoms with Crippen molar-refractivity contribution >= 4 is 15.9 Å². The lowest BCUT2D eigenvalue weighted by atomic mass is 10.3. The standard InChI is InChI=1S/C7H7BrFNO/c1-11-7-6(8)5(4-9)2-3-10-7/h2-3H,4H2,1H3. The first kappa shape index (κ1) is 8.46. The van der Waals surface area contributed by atoms with E-state index in [1.807, 2.05) is 0 Å². The van der Waals surface area contributed by atoms with E-state index in [1.165, 1.54) is 13.3 Å². The monoisotopic (exact) mass is 219 g/mol. The maximum absolute atomic E-state index is 12.2. The summed E-state index contributed by atoms with van der Waals surface area (Å²) in [7, 11) is 1.50. The molecule has 0 saturated heterocycles. The molecule has 0 N–H and O–H groups in total. The van der Waals surface area contributed by atoms with Crippen molar-refractivity contribution in [1.82, 2.24) is 4.98 Å². The Balaban J connectivity index is 3.10. The molecule has 0 aliphatic heterocycles. The molecule has 2 nitrogen and oxygen atoms in total. The highest BCUT2D eigenvalue weighted by atomic mass is 79.9. The minimum Gasteiger partial charge on any atom is -0.480 e. The number of alkyl halides is 1. The van der Waals surface area contributed by atoms with Crippen LogP contribution in [0, 0.1) is 0 Å². The van der Waals surface area contributed by atoms with Crippen molar-refractivity contribution in [2.45, 2.75) is 6.67 Å². The topological polar surface area (TPSA) is 22.1 Å². The fourth-order valence-corrected chi connectivity index (χ4v) is 1.21. The number of nitrogens with zero attached hydrogens (tertiary/aromatic N) is 1.